The van der Waals surface area contributed by atoms with Gasteiger partial charge in [0.05, 0.1) is 16.7 Å². The summed E-state index contributed by atoms with van der Waals surface area (Å²) in [4.78, 5) is 22.6. The minimum Gasteiger partial charge on any atom is -0.487 e. The smallest absolute Gasteiger partial charge is 0.275 e. The Morgan fingerprint density at radius 2 is 2.16 bits per heavy atom. The second-order valence-corrected chi connectivity index (χ2v) is 5.26. The number of nitrogens with zero attached hydrogens (tertiary/aromatic N) is 3. The summed E-state index contributed by atoms with van der Waals surface area (Å²) in [5, 5.41) is 17.5. The van der Waals surface area contributed by atoms with E-state index in [2.05, 4.69) is 10.4 Å². The summed E-state index contributed by atoms with van der Waals surface area (Å²) < 4.78 is 30.8. The number of anilines is 1. The number of halogens is 2. The average Bonchev–Trinajstić information content (AvgIpc) is 2.97. The van der Waals surface area contributed by atoms with Crippen LogP contribution in [0, 0.1) is 17.0 Å². The van der Waals surface area contributed by atoms with E-state index in [4.69, 9.17) is 4.74 Å². The molecule has 1 atom stereocenters. The lowest BCUT2D eigenvalue weighted by molar-refractivity contribution is -0.384. The molecule has 0 fully saturated rings. The molecule has 1 aromatic carbocycles. The summed E-state index contributed by atoms with van der Waals surface area (Å²) in [7, 11) is 0. The van der Waals surface area contributed by atoms with Gasteiger partial charge in [-0.25, -0.2) is 8.78 Å². The lowest BCUT2D eigenvalue weighted by Crippen LogP contribution is -2.25. The van der Waals surface area contributed by atoms with E-state index < -0.39 is 29.9 Å². The summed E-state index contributed by atoms with van der Waals surface area (Å²) in [6.45, 7) is 2.48. The quantitative estimate of drug-likeness (QED) is 0.609. The Bertz CT molecular complexity index is 779. The molecular formula is C15H16F2N4O4. The third-order valence-electron chi connectivity index (χ3n) is 3.36. The van der Waals surface area contributed by atoms with Gasteiger partial charge in [0, 0.05) is 24.0 Å². The van der Waals surface area contributed by atoms with E-state index in [1.807, 2.05) is 0 Å². The van der Waals surface area contributed by atoms with Crippen LogP contribution >= 0.6 is 0 Å². The van der Waals surface area contributed by atoms with Crippen molar-refractivity contribution in [2.75, 3.05) is 11.9 Å². The molecule has 0 aliphatic carbocycles. The number of aromatic nitrogens is 2. The number of benzene rings is 1. The fourth-order valence-electron chi connectivity index (χ4n) is 2.15. The number of hydrogen-bond donors (Lipinski definition) is 1. The Labute approximate surface area is 141 Å². The van der Waals surface area contributed by atoms with E-state index in [0.29, 0.717) is 0 Å². The van der Waals surface area contributed by atoms with Crippen LogP contribution in [0.25, 0.3) is 0 Å². The molecule has 1 unspecified atom stereocenters. The number of nitro groups is 1. The molecule has 0 aliphatic rings. The summed E-state index contributed by atoms with van der Waals surface area (Å²) in [6.07, 6.45) is -1.18. The Morgan fingerprint density at radius 1 is 1.44 bits per heavy atom. The van der Waals surface area contributed by atoms with Gasteiger partial charge in [0.2, 0.25) is 5.91 Å². The number of rotatable bonds is 7. The average molecular weight is 354 g/mol. The number of carbonyl (C=O) groups excluding carboxylic acids is 1. The number of carbonyl (C=O) groups is 1. The van der Waals surface area contributed by atoms with Crippen LogP contribution in [0.3, 0.4) is 0 Å². The zero-order valence-corrected chi connectivity index (χ0v) is 13.5. The zero-order valence-electron chi connectivity index (χ0n) is 13.5. The number of nitrogens with one attached hydrogen (secondary N) is 1. The van der Waals surface area contributed by atoms with Gasteiger partial charge in [-0.1, -0.05) is 0 Å². The molecule has 1 amide bonds. The first-order chi connectivity index (χ1) is 11.8. The van der Waals surface area contributed by atoms with E-state index >= 15 is 0 Å². The van der Waals surface area contributed by atoms with Crippen LogP contribution in [-0.4, -0.2) is 33.6 Å². The lowest BCUT2D eigenvalue weighted by atomic mass is 10.2. The van der Waals surface area contributed by atoms with Gasteiger partial charge in [0.15, 0.2) is 0 Å². The van der Waals surface area contributed by atoms with Crippen molar-refractivity contribution in [1.29, 1.82) is 0 Å². The molecule has 2 aromatic rings. The highest BCUT2D eigenvalue weighted by molar-refractivity contribution is 5.94. The first-order valence-electron chi connectivity index (χ1n) is 7.29. The molecular weight excluding hydrogens is 338 g/mol. The molecule has 2 rings (SSSR count). The molecule has 0 saturated carbocycles. The third kappa shape index (κ3) is 4.72. The topological polar surface area (TPSA) is 99.3 Å². The summed E-state index contributed by atoms with van der Waals surface area (Å²) >= 11 is 0. The van der Waals surface area contributed by atoms with Crippen LogP contribution in [0.5, 0.6) is 5.75 Å². The van der Waals surface area contributed by atoms with E-state index in [-0.39, 0.29) is 17.1 Å². The highest BCUT2D eigenvalue weighted by Gasteiger charge is 2.19. The second kappa shape index (κ2) is 7.69. The molecule has 1 N–H and O–H groups in total. The molecule has 0 aliphatic heterocycles. The monoisotopic (exact) mass is 354 g/mol. The maximum atomic E-state index is 12.3. The minimum absolute atomic E-state index is 0.0696. The van der Waals surface area contributed by atoms with Crippen LogP contribution in [0.2, 0.25) is 0 Å². The molecule has 10 heteroatoms. The second-order valence-electron chi connectivity index (χ2n) is 5.26. The van der Waals surface area contributed by atoms with Gasteiger partial charge in [0.1, 0.15) is 18.4 Å². The van der Waals surface area contributed by atoms with E-state index in [0.717, 1.165) is 17.8 Å². The van der Waals surface area contributed by atoms with E-state index in [9.17, 15) is 23.7 Å². The SMILES string of the molecule is Cc1ccnn1C(C)C(=O)Nc1cc(OCC(F)F)cc([N+](=O)[O-])c1. The van der Waals surface area contributed by atoms with Crippen molar-refractivity contribution in [3.05, 3.63) is 46.3 Å². The van der Waals surface area contributed by atoms with Crippen molar-refractivity contribution in [2.45, 2.75) is 26.3 Å². The van der Waals surface area contributed by atoms with Crippen molar-refractivity contribution < 1.29 is 23.2 Å². The van der Waals surface area contributed by atoms with Gasteiger partial charge in [0.25, 0.3) is 12.1 Å². The fraction of sp³-hybridized carbons (Fsp3) is 0.333. The van der Waals surface area contributed by atoms with Crippen LogP contribution in [0.4, 0.5) is 20.2 Å². The largest absolute Gasteiger partial charge is 0.487 e. The van der Waals surface area contributed by atoms with Crippen LogP contribution in [-0.2, 0) is 4.79 Å². The van der Waals surface area contributed by atoms with Gasteiger partial charge in [-0.2, -0.15) is 5.10 Å². The molecule has 0 saturated heterocycles. The van der Waals surface area contributed by atoms with Crippen LogP contribution in [0.1, 0.15) is 18.7 Å². The molecule has 8 nitrogen and oxygen atoms in total. The van der Waals surface area contributed by atoms with Crippen molar-refractivity contribution >= 4 is 17.3 Å². The fourth-order valence-corrected chi connectivity index (χ4v) is 2.15. The summed E-state index contributed by atoms with van der Waals surface area (Å²) in [6, 6.07) is 4.44. The van der Waals surface area contributed by atoms with Crippen LogP contribution < -0.4 is 10.1 Å². The highest BCUT2D eigenvalue weighted by atomic mass is 19.3. The predicted octanol–water partition coefficient (Wildman–Crippen LogP) is 2.94. The molecule has 1 heterocycles. The Kier molecular flexibility index (Phi) is 5.63. The van der Waals surface area contributed by atoms with Gasteiger partial charge < -0.3 is 10.1 Å². The van der Waals surface area contributed by atoms with Crippen molar-refractivity contribution in [2.24, 2.45) is 0 Å². The van der Waals surface area contributed by atoms with Gasteiger partial charge >= 0.3 is 0 Å². The first kappa shape index (κ1) is 18.3. The molecule has 0 spiro atoms. The lowest BCUT2D eigenvalue weighted by Gasteiger charge is -2.15. The van der Waals surface area contributed by atoms with Crippen molar-refractivity contribution in [1.82, 2.24) is 9.78 Å². The van der Waals surface area contributed by atoms with Crippen molar-refractivity contribution in [3.63, 3.8) is 0 Å². The highest BCUT2D eigenvalue weighted by Crippen LogP contribution is 2.27. The number of non-ortho nitro benzene ring substituents is 1. The standard InChI is InChI=1S/C15H16F2N4O4/c1-9-3-4-18-20(9)10(2)15(22)19-11-5-12(21(23)24)7-13(6-11)25-8-14(16)17/h3-7,10,14H,8H2,1-2H3,(H,19,22). The normalized spacial score (nSPS) is 12.0. The number of amides is 1. The summed E-state index contributed by atoms with van der Waals surface area (Å²) in [5.41, 5.74) is 0.452. The van der Waals surface area contributed by atoms with E-state index in [1.165, 1.54) is 10.7 Å². The molecule has 25 heavy (non-hydrogen) atoms. The molecule has 0 radical (unpaired) electrons. The predicted molar refractivity (Wildman–Crippen MR) is 84.9 cm³/mol. The summed E-state index contributed by atoms with van der Waals surface area (Å²) in [5.74, 6) is -0.597. The number of ether oxygens (including phenoxy) is 1. The number of alkyl halides is 2. The van der Waals surface area contributed by atoms with Gasteiger partial charge in [-0.05, 0) is 19.9 Å². The Hall–Kier alpha value is -3.04. The number of aryl methyl sites for hydroxylation is 1. The Morgan fingerprint density at radius 3 is 2.72 bits per heavy atom. The first-order valence-corrected chi connectivity index (χ1v) is 7.29. The van der Waals surface area contributed by atoms with Crippen LogP contribution in [0.15, 0.2) is 30.5 Å². The number of nitro benzene ring substituents is 1. The maximum Gasteiger partial charge on any atom is 0.275 e. The third-order valence-corrected chi connectivity index (χ3v) is 3.36. The van der Waals surface area contributed by atoms with Gasteiger partial charge in [-0.3, -0.25) is 19.6 Å². The number of hydrogen-bond acceptors (Lipinski definition) is 5. The molecule has 134 valence electrons. The maximum absolute atomic E-state index is 12.3. The zero-order chi connectivity index (χ0) is 18.6. The molecule has 0 bridgehead atoms. The van der Waals surface area contributed by atoms with Crippen molar-refractivity contribution in [3.8, 4) is 5.75 Å². The molecule has 1 aromatic heterocycles. The Balaban J connectivity index is 2.20. The minimum atomic E-state index is -2.72. The van der Waals surface area contributed by atoms with E-state index in [1.54, 1.807) is 26.1 Å². The van der Waals surface area contributed by atoms with Gasteiger partial charge in [-0.15, -0.1) is 0 Å².